The largest absolute Gasteiger partial charge is 0.481 e. The standard InChI is InChI=1S/C13H20N2O2S/c1-8-10(6-12(16)17)9(2)15-11(14-8)7-18-13(3,4)5/h6-7H2,1-5H3,(H,16,17). The summed E-state index contributed by atoms with van der Waals surface area (Å²) in [6.07, 6.45) is -0.00956. The van der Waals surface area contributed by atoms with Crippen molar-refractivity contribution in [3.05, 3.63) is 22.8 Å². The van der Waals surface area contributed by atoms with Crippen molar-refractivity contribution in [1.29, 1.82) is 0 Å². The second-order valence-electron chi connectivity index (χ2n) is 5.26. The van der Waals surface area contributed by atoms with Gasteiger partial charge in [0, 0.05) is 21.7 Å². The summed E-state index contributed by atoms with van der Waals surface area (Å²) in [5.74, 6) is 0.680. The maximum Gasteiger partial charge on any atom is 0.307 e. The van der Waals surface area contributed by atoms with E-state index in [-0.39, 0.29) is 11.2 Å². The average molecular weight is 268 g/mol. The molecule has 0 aliphatic heterocycles. The van der Waals surface area contributed by atoms with Crippen molar-refractivity contribution in [2.45, 2.75) is 51.5 Å². The number of aliphatic carboxylic acids is 1. The number of carboxylic acids is 1. The van der Waals surface area contributed by atoms with Gasteiger partial charge in [-0.15, -0.1) is 11.8 Å². The average Bonchev–Trinajstić information content (AvgIpc) is 2.19. The predicted molar refractivity (Wildman–Crippen MR) is 73.9 cm³/mol. The van der Waals surface area contributed by atoms with Crippen LogP contribution in [0.3, 0.4) is 0 Å². The van der Waals surface area contributed by atoms with E-state index in [0.29, 0.717) is 0 Å². The number of rotatable bonds is 4. The van der Waals surface area contributed by atoms with E-state index in [1.807, 2.05) is 13.8 Å². The van der Waals surface area contributed by atoms with Crippen molar-refractivity contribution < 1.29 is 9.90 Å². The third-order valence-electron chi connectivity index (χ3n) is 2.43. The van der Waals surface area contributed by atoms with Gasteiger partial charge in [0.05, 0.1) is 12.2 Å². The van der Waals surface area contributed by atoms with Crippen LogP contribution in [0, 0.1) is 13.8 Å². The highest BCUT2D eigenvalue weighted by Gasteiger charge is 2.15. The van der Waals surface area contributed by atoms with E-state index in [1.54, 1.807) is 11.8 Å². The van der Waals surface area contributed by atoms with Gasteiger partial charge in [-0.25, -0.2) is 9.97 Å². The Hall–Kier alpha value is -1.10. The topological polar surface area (TPSA) is 63.1 Å². The van der Waals surface area contributed by atoms with Crippen LogP contribution in [0.1, 0.15) is 43.5 Å². The van der Waals surface area contributed by atoms with Gasteiger partial charge in [0.25, 0.3) is 0 Å². The molecule has 0 bridgehead atoms. The minimum absolute atomic E-state index is 0.00956. The lowest BCUT2D eigenvalue weighted by molar-refractivity contribution is -0.136. The molecule has 0 unspecified atom stereocenters. The zero-order valence-corrected chi connectivity index (χ0v) is 12.4. The summed E-state index contributed by atoms with van der Waals surface area (Å²) in [4.78, 5) is 19.5. The Morgan fingerprint density at radius 2 is 1.72 bits per heavy atom. The molecule has 4 nitrogen and oxygen atoms in total. The number of thioether (sulfide) groups is 1. The third kappa shape index (κ3) is 4.64. The minimum atomic E-state index is -0.846. The van der Waals surface area contributed by atoms with Gasteiger partial charge in [0.1, 0.15) is 5.82 Å². The fourth-order valence-electron chi connectivity index (χ4n) is 1.56. The fraction of sp³-hybridized carbons (Fsp3) is 0.615. The maximum atomic E-state index is 10.8. The van der Waals surface area contributed by atoms with Gasteiger partial charge in [-0.3, -0.25) is 4.79 Å². The van der Waals surface area contributed by atoms with E-state index in [9.17, 15) is 4.79 Å². The summed E-state index contributed by atoms with van der Waals surface area (Å²) in [7, 11) is 0. The molecule has 0 radical (unpaired) electrons. The molecule has 100 valence electrons. The van der Waals surface area contributed by atoms with Gasteiger partial charge in [0.2, 0.25) is 0 Å². The molecule has 0 atom stereocenters. The van der Waals surface area contributed by atoms with E-state index in [2.05, 4.69) is 30.7 Å². The summed E-state index contributed by atoms with van der Waals surface area (Å²) in [6.45, 7) is 10.1. The van der Waals surface area contributed by atoms with Crippen LogP contribution in [-0.4, -0.2) is 25.8 Å². The number of nitrogens with zero attached hydrogens (tertiary/aromatic N) is 2. The first kappa shape index (κ1) is 15.0. The molecule has 0 amide bonds. The highest BCUT2D eigenvalue weighted by atomic mass is 32.2. The van der Waals surface area contributed by atoms with Gasteiger partial charge >= 0.3 is 5.97 Å². The van der Waals surface area contributed by atoms with Crippen LogP contribution < -0.4 is 0 Å². The van der Waals surface area contributed by atoms with Crippen LogP contribution in [0.15, 0.2) is 0 Å². The highest BCUT2D eigenvalue weighted by Crippen LogP contribution is 2.26. The van der Waals surface area contributed by atoms with E-state index in [4.69, 9.17) is 5.11 Å². The fourth-order valence-corrected chi connectivity index (χ4v) is 2.25. The molecule has 0 aliphatic rings. The molecule has 0 spiro atoms. The van der Waals surface area contributed by atoms with Crippen molar-refractivity contribution >= 4 is 17.7 Å². The van der Waals surface area contributed by atoms with Crippen LogP contribution >= 0.6 is 11.8 Å². The molecular formula is C13H20N2O2S. The minimum Gasteiger partial charge on any atom is -0.481 e. The molecule has 1 rings (SSSR count). The lowest BCUT2D eigenvalue weighted by Crippen LogP contribution is -2.12. The number of carbonyl (C=O) groups is 1. The summed E-state index contributed by atoms with van der Waals surface area (Å²) in [5, 5.41) is 8.84. The molecule has 1 aromatic rings. The van der Waals surface area contributed by atoms with Crippen LogP contribution in [0.2, 0.25) is 0 Å². The Balaban J connectivity index is 2.89. The molecule has 1 aromatic heterocycles. The molecular weight excluding hydrogens is 248 g/mol. The first-order chi connectivity index (χ1) is 8.19. The molecule has 0 fully saturated rings. The highest BCUT2D eigenvalue weighted by molar-refractivity contribution is 7.99. The van der Waals surface area contributed by atoms with Crippen LogP contribution in [0.25, 0.3) is 0 Å². The molecule has 0 saturated carbocycles. The van der Waals surface area contributed by atoms with Crippen LogP contribution in [-0.2, 0) is 17.0 Å². The summed E-state index contributed by atoms with van der Waals surface area (Å²) < 4.78 is 0.172. The Bertz CT molecular complexity index is 430. The van der Waals surface area contributed by atoms with E-state index < -0.39 is 5.97 Å². The zero-order chi connectivity index (χ0) is 13.9. The lowest BCUT2D eigenvalue weighted by Gasteiger charge is -2.17. The normalized spacial score (nSPS) is 11.6. The van der Waals surface area contributed by atoms with Crippen molar-refractivity contribution in [1.82, 2.24) is 9.97 Å². The van der Waals surface area contributed by atoms with Crippen molar-refractivity contribution in [3.63, 3.8) is 0 Å². The molecule has 1 N–H and O–H groups in total. The number of aryl methyl sites for hydroxylation is 2. The van der Waals surface area contributed by atoms with Crippen molar-refractivity contribution in [2.24, 2.45) is 0 Å². The Morgan fingerprint density at radius 1 is 1.22 bits per heavy atom. The first-order valence-electron chi connectivity index (χ1n) is 5.88. The second kappa shape index (κ2) is 5.69. The van der Waals surface area contributed by atoms with E-state index >= 15 is 0 Å². The van der Waals surface area contributed by atoms with Gasteiger partial charge in [0.15, 0.2) is 0 Å². The summed E-state index contributed by atoms with van der Waals surface area (Å²) in [6, 6.07) is 0. The molecule has 0 aromatic carbocycles. The zero-order valence-electron chi connectivity index (χ0n) is 11.6. The van der Waals surface area contributed by atoms with Crippen molar-refractivity contribution in [3.8, 4) is 0 Å². The molecule has 5 heteroatoms. The van der Waals surface area contributed by atoms with E-state index in [0.717, 1.165) is 28.5 Å². The van der Waals surface area contributed by atoms with Gasteiger partial charge < -0.3 is 5.11 Å². The third-order valence-corrected chi connectivity index (χ3v) is 3.70. The quantitative estimate of drug-likeness (QED) is 0.909. The van der Waals surface area contributed by atoms with Crippen molar-refractivity contribution in [2.75, 3.05) is 0 Å². The van der Waals surface area contributed by atoms with Gasteiger partial charge in [-0.1, -0.05) is 20.8 Å². The Morgan fingerprint density at radius 3 is 2.11 bits per heavy atom. The maximum absolute atomic E-state index is 10.8. The summed E-state index contributed by atoms with van der Waals surface area (Å²) in [5.41, 5.74) is 2.27. The van der Waals surface area contributed by atoms with Gasteiger partial charge in [-0.2, -0.15) is 0 Å². The number of aromatic nitrogens is 2. The molecule has 0 aliphatic carbocycles. The van der Waals surface area contributed by atoms with Crippen LogP contribution in [0.4, 0.5) is 0 Å². The second-order valence-corrected chi connectivity index (χ2v) is 7.06. The molecule has 0 saturated heterocycles. The summed E-state index contributed by atoms with van der Waals surface area (Å²) >= 11 is 1.78. The first-order valence-corrected chi connectivity index (χ1v) is 6.86. The van der Waals surface area contributed by atoms with E-state index in [1.165, 1.54) is 0 Å². The SMILES string of the molecule is Cc1nc(CSC(C)(C)C)nc(C)c1CC(=O)O. The van der Waals surface area contributed by atoms with Gasteiger partial charge in [-0.05, 0) is 13.8 Å². The number of hydrogen-bond acceptors (Lipinski definition) is 4. The Kier molecular flexibility index (Phi) is 4.73. The Labute approximate surface area is 112 Å². The number of carboxylic acid groups (broad SMARTS) is 1. The molecule has 1 heterocycles. The monoisotopic (exact) mass is 268 g/mol. The van der Waals surface area contributed by atoms with Crippen LogP contribution in [0.5, 0.6) is 0 Å². The lowest BCUT2D eigenvalue weighted by atomic mass is 10.1. The smallest absolute Gasteiger partial charge is 0.307 e. The predicted octanol–water partition coefficient (Wildman–Crippen LogP) is 2.75. The molecule has 18 heavy (non-hydrogen) atoms. The number of hydrogen-bond donors (Lipinski definition) is 1.